The quantitative estimate of drug-likeness (QED) is 0.782. The minimum absolute atomic E-state index is 0.236. The number of rotatable bonds is 7. The number of ether oxygens (including phenoxy) is 1. The van der Waals surface area contributed by atoms with Crippen LogP contribution < -0.4 is 5.32 Å². The largest absolute Gasteiger partial charge is 0.389 e. The second kappa shape index (κ2) is 6.88. The van der Waals surface area contributed by atoms with Gasteiger partial charge in [-0.2, -0.15) is 0 Å². The van der Waals surface area contributed by atoms with Crippen LogP contribution in [0, 0.1) is 6.92 Å². The van der Waals surface area contributed by atoms with E-state index in [9.17, 15) is 5.11 Å². The van der Waals surface area contributed by atoms with Crippen molar-refractivity contribution < 1.29 is 9.84 Å². The Hall–Kier alpha value is -0.900. The first-order valence-electron chi connectivity index (χ1n) is 6.46. The molecule has 0 bridgehead atoms. The Balaban J connectivity index is 2.51. The van der Waals surface area contributed by atoms with E-state index in [1.165, 1.54) is 11.1 Å². The van der Waals surface area contributed by atoms with Gasteiger partial charge >= 0.3 is 0 Å². The van der Waals surface area contributed by atoms with Gasteiger partial charge in [0.15, 0.2) is 0 Å². The van der Waals surface area contributed by atoms with Crippen molar-refractivity contribution >= 4 is 0 Å². The van der Waals surface area contributed by atoms with Crippen LogP contribution in [0.4, 0.5) is 0 Å². The normalized spacial score (nSPS) is 16.3. The van der Waals surface area contributed by atoms with Gasteiger partial charge in [-0.1, -0.05) is 24.3 Å². The smallest absolute Gasteiger partial charge is 0.0765 e. The summed E-state index contributed by atoms with van der Waals surface area (Å²) in [6, 6.07) is 8.55. The second-order valence-electron chi connectivity index (χ2n) is 5.20. The Bertz CT molecular complexity index is 363. The van der Waals surface area contributed by atoms with E-state index in [1.807, 2.05) is 19.1 Å². The molecule has 0 fully saturated rings. The topological polar surface area (TPSA) is 41.5 Å². The summed E-state index contributed by atoms with van der Waals surface area (Å²) in [6.45, 7) is 7.20. The van der Waals surface area contributed by atoms with Crippen LogP contribution in [0.2, 0.25) is 0 Å². The third-order valence-corrected chi connectivity index (χ3v) is 3.29. The van der Waals surface area contributed by atoms with Crippen molar-refractivity contribution in [1.82, 2.24) is 5.32 Å². The molecule has 0 aliphatic heterocycles. The van der Waals surface area contributed by atoms with E-state index in [1.54, 1.807) is 7.11 Å². The molecule has 1 rings (SSSR count). The van der Waals surface area contributed by atoms with Crippen LogP contribution >= 0.6 is 0 Å². The molecular formula is C15H25NO2. The summed E-state index contributed by atoms with van der Waals surface area (Å²) in [5, 5.41) is 13.6. The molecule has 0 amide bonds. The van der Waals surface area contributed by atoms with E-state index in [0.29, 0.717) is 19.6 Å². The number of hydrogen-bond acceptors (Lipinski definition) is 3. The predicted molar refractivity (Wildman–Crippen MR) is 74.7 cm³/mol. The van der Waals surface area contributed by atoms with Gasteiger partial charge in [0.2, 0.25) is 0 Å². The van der Waals surface area contributed by atoms with Gasteiger partial charge in [-0.05, 0) is 31.9 Å². The molecule has 0 aliphatic rings. The molecule has 0 radical (unpaired) electrons. The summed E-state index contributed by atoms with van der Waals surface area (Å²) in [5.74, 6) is 0. The van der Waals surface area contributed by atoms with E-state index in [2.05, 4.69) is 31.3 Å². The van der Waals surface area contributed by atoms with E-state index in [0.717, 1.165) is 0 Å². The SMILES string of the molecule is COCCC(C)(O)CNC(C)c1ccccc1C. The standard InChI is InChI=1S/C15H25NO2/c1-12-7-5-6-8-14(12)13(2)16-11-15(3,17)9-10-18-4/h5-8,13,16-17H,9-11H2,1-4H3. The maximum absolute atomic E-state index is 10.2. The van der Waals surface area contributed by atoms with Gasteiger partial charge in [0.05, 0.1) is 5.60 Å². The molecule has 0 saturated heterocycles. The number of methoxy groups -OCH3 is 1. The monoisotopic (exact) mass is 251 g/mol. The molecule has 2 atom stereocenters. The van der Waals surface area contributed by atoms with Crippen LogP contribution in [0.15, 0.2) is 24.3 Å². The maximum Gasteiger partial charge on any atom is 0.0765 e. The first-order chi connectivity index (χ1) is 8.46. The molecule has 0 heterocycles. The lowest BCUT2D eigenvalue weighted by Crippen LogP contribution is -2.39. The Morgan fingerprint density at radius 1 is 1.39 bits per heavy atom. The molecule has 0 aliphatic carbocycles. The lowest BCUT2D eigenvalue weighted by Gasteiger charge is -2.26. The zero-order valence-corrected chi connectivity index (χ0v) is 11.9. The molecule has 1 aromatic rings. The molecular weight excluding hydrogens is 226 g/mol. The van der Waals surface area contributed by atoms with Crippen molar-refractivity contribution in [3.05, 3.63) is 35.4 Å². The van der Waals surface area contributed by atoms with E-state index in [-0.39, 0.29) is 6.04 Å². The number of aliphatic hydroxyl groups is 1. The first-order valence-corrected chi connectivity index (χ1v) is 6.46. The molecule has 18 heavy (non-hydrogen) atoms. The van der Waals surface area contributed by atoms with Gasteiger partial charge in [-0.15, -0.1) is 0 Å². The van der Waals surface area contributed by atoms with Gasteiger partial charge in [-0.25, -0.2) is 0 Å². The minimum Gasteiger partial charge on any atom is -0.389 e. The fraction of sp³-hybridized carbons (Fsp3) is 0.600. The highest BCUT2D eigenvalue weighted by Gasteiger charge is 2.21. The Labute approximate surface area is 110 Å². The summed E-state index contributed by atoms with van der Waals surface area (Å²) in [6.07, 6.45) is 0.636. The van der Waals surface area contributed by atoms with Gasteiger partial charge in [0.25, 0.3) is 0 Å². The molecule has 2 N–H and O–H groups in total. The zero-order valence-electron chi connectivity index (χ0n) is 11.9. The van der Waals surface area contributed by atoms with Gasteiger partial charge < -0.3 is 15.2 Å². The van der Waals surface area contributed by atoms with Gasteiger partial charge in [-0.3, -0.25) is 0 Å². The average molecular weight is 251 g/mol. The maximum atomic E-state index is 10.2. The first kappa shape index (κ1) is 15.2. The van der Waals surface area contributed by atoms with Gasteiger partial charge in [0, 0.05) is 32.7 Å². The summed E-state index contributed by atoms with van der Waals surface area (Å²) in [4.78, 5) is 0. The average Bonchev–Trinajstić information content (AvgIpc) is 2.34. The van der Waals surface area contributed by atoms with Crippen molar-refractivity contribution in [2.75, 3.05) is 20.3 Å². The van der Waals surface area contributed by atoms with Gasteiger partial charge in [0.1, 0.15) is 0 Å². The molecule has 102 valence electrons. The fourth-order valence-corrected chi connectivity index (χ4v) is 1.97. The molecule has 2 unspecified atom stereocenters. The van der Waals surface area contributed by atoms with Crippen LogP contribution in [-0.2, 0) is 4.74 Å². The number of aryl methyl sites for hydroxylation is 1. The van der Waals surface area contributed by atoms with Crippen molar-refractivity contribution in [1.29, 1.82) is 0 Å². The third-order valence-electron chi connectivity index (χ3n) is 3.29. The highest BCUT2D eigenvalue weighted by atomic mass is 16.5. The molecule has 1 aromatic carbocycles. The predicted octanol–water partition coefficient (Wildman–Crippen LogP) is 2.43. The van der Waals surface area contributed by atoms with Crippen molar-refractivity contribution in [3.8, 4) is 0 Å². The molecule has 0 aromatic heterocycles. The van der Waals surface area contributed by atoms with Crippen LogP contribution in [-0.4, -0.2) is 31.0 Å². The molecule has 0 saturated carbocycles. The highest BCUT2D eigenvalue weighted by molar-refractivity contribution is 5.28. The summed E-state index contributed by atoms with van der Waals surface area (Å²) in [5.41, 5.74) is 1.82. The molecule has 3 heteroatoms. The fourth-order valence-electron chi connectivity index (χ4n) is 1.97. The number of nitrogens with one attached hydrogen (secondary N) is 1. The van der Waals surface area contributed by atoms with Crippen LogP contribution in [0.5, 0.6) is 0 Å². The summed E-state index contributed by atoms with van der Waals surface area (Å²) < 4.78 is 5.00. The zero-order chi connectivity index (χ0) is 13.6. The second-order valence-corrected chi connectivity index (χ2v) is 5.20. The third kappa shape index (κ3) is 4.77. The minimum atomic E-state index is -0.729. The Morgan fingerprint density at radius 3 is 2.67 bits per heavy atom. The lowest BCUT2D eigenvalue weighted by molar-refractivity contribution is 0.0231. The van der Waals surface area contributed by atoms with Crippen LogP contribution in [0.3, 0.4) is 0 Å². The molecule has 3 nitrogen and oxygen atoms in total. The summed E-state index contributed by atoms with van der Waals surface area (Å²) in [7, 11) is 1.65. The lowest BCUT2D eigenvalue weighted by atomic mass is 9.99. The summed E-state index contributed by atoms with van der Waals surface area (Å²) >= 11 is 0. The highest BCUT2D eigenvalue weighted by Crippen LogP contribution is 2.18. The number of hydrogen-bond donors (Lipinski definition) is 2. The molecule has 0 spiro atoms. The van der Waals surface area contributed by atoms with Crippen LogP contribution in [0.25, 0.3) is 0 Å². The number of benzene rings is 1. The van der Waals surface area contributed by atoms with Crippen LogP contribution in [0.1, 0.15) is 37.4 Å². The Morgan fingerprint density at radius 2 is 2.06 bits per heavy atom. The Kier molecular flexibility index (Phi) is 5.79. The van der Waals surface area contributed by atoms with Crippen molar-refractivity contribution in [2.24, 2.45) is 0 Å². The van der Waals surface area contributed by atoms with E-state index < -0.39 is 5.60 Å². The van der Waals surface area contributed by atoms with E-state index in [4.69, 9.17) is 4.74 Å². The van der Waals surface area contributed by atoms with Crippen molar-refractivity contribution in [2.45, 2.75) is 38.8 Å². The van der Waals surface area contributed by atoms with Crippen molar-refractivity contribution in [3.63, 3.8) is 0 Å². The van der Waals surface area contributed by atoms with E-state index >= 15 is 0 Å².